The quantitative estimate of drug-likeness (QED) is 0.334. The van der Waals surface area contributed by atoms with Crippen LogP contribution in [0.2, 0.25) is 0 Å². The normalized spacial score (nSPS) is 16.3. The fourth-order valence-electron chi connectivity index (χ4n) is 6.47. The number of aryl methyl sites for hydroxylation is 1. The molecule has 0 radical (unpaired) electrons. The fraction of sp³-hybridized carbons (Fsp3) is 0.312. The summed E-state index contributed by atoms with van der Waals surface area (Å²) in [5.41, 5.74) is -0.792. The Labute approximate surface area is 252 Å². The van der Waals surface area contributed by atoms with E-state index in [-0.39, 0.29) is 53.9 Å². The highest BCUT2D eigenvalue weighted by molar-refractivity contribution is 6.06. The fourth-order valence-corrected chi connectivity index (χ4v) is 6.47. The Bertz CT molecular complexity index is 1900. The lowest BCUT2D eigenvalue weighted by Gasteiger charge is -2.41. The number of phenols is 2. The first kappa shape index (κ1) is 29.1. The van der Waals surface area contributed by atoms with Crippen LogP contribution in [0.3, 0.4) is 0 Å². The number of carbonyl (C=O) groups is 1. The lowest BCUT2D eigenvalue weighted by Crippen LogP contribution is -2.57. The average Bonchev–Trinajstić information content (AvgIpc) is 3.10. The number of phenolic OH excluding ortho intramolecular Hbond substituents is 2. The first-order valence-electron chi connectivity index (χ1n) is 14.3. The van der Waals surface area contributed by atoms with Crippen LogP contribution in [-0.4, -0.2) is 74.8 Å². The number of benzene rings is 2. The molecule has 4 aromatic rings. The lowest BCUT2D eigenvalue weighted by atomic mass is 9.97. The van der Waals surface area contributed by atoms with Crippen LogP contribution in [0, 0.1) is 18.6 Å². The molecule has 4 heterocycles. The van der Waals surface area contributed by atoms with Gasteiger partial charge in [0.1, 0.15) is 22.8 Å². The van der Waals surface area contributed by atoms with Crippen molar-refractivity contribution >= 4 is 28.3 Å². The maximum Gasteiger partial charge on any atom is 0.354 e. The number of hydrogen-bond donors (Lipinski definition) is 2. The van der Waals surface area contributed by atoms with Gasteiger partial charge in [-0.2, -0.15) is 4.98 Å². The summed E-state index contributed by atoms with van der Waals surface area (Å²) < 4.78 is 35.2. The molecule has 2 aliphatic heterocycles. The molecule has 2 N–H and O–H groups in total. The van der Waals surface area contributed by atoms with Crippen molar-refractivity contribution in [2.75, 3.05) is 43.0 Å². The second-order valence-corrected chi connectivity index (χ2v) is 11.5. The van der Waals surface area contributed by atoms with Gasteiger partial charge in [0.25, 0.3) is 0 Å². The number of aromatic nitrogens is 3. The van der Waals surface area contributed by atoms with Gasteiger partial charge >= 0.3 is 5.69 Å². The van der Waals surface area contributed by atoms with Gasteiger partial charge in [0.05, 0.1) is 39.6 Å². The molecule has 10 nitrogen and oxygen atoms in total. The largest absolute Gasteiger partial charge is 0.507 e. The summed E-state index contributed by atoms with van der Waals surface area (Å²) in [4.78, 5) is 40.6. The van der Waals surface area contributed by atoms with E-state index in [1.165, 1.54) is 24.3 Å². The number of fused-ring (bicyclic) bond motifs is 2. The number of hydrogen-bond acceptors (Lipinski definition) is 8. The van der Waals surface area contributed by atoms with E-state index < -0.39 is 46.0 Å². The summed E-state index contributed by atoms with van der Waals surface area (Å²) in [5, 5.41) is 21.5. The molecule has 228 valence electrons. The van der Waals surface area contributed by atoms with Gasteiger partial charge in [0.15, 0.2) is 11.6 Å². The van der Waals surface area contributed by atoms with Crippen LogP contribution in [0.4, 0.5) is 20.3 Å². The van der Waals surface area contributed by atoms with E-state index in [0.29, 0.717) is 23.5 Å². The Hall–Kier alpha value is -5.00. The third-order valence-electron chi connectivity index (χ3n) is 8.47. The Kier molecular flexibility index (Phi) is 7.02. The van der Waals surface area contributed by atoms with Gasteiger partial charge in [-0.05, 0) is 42.7 Å². The minimum absolute atomic E-state index is 0.0565. The maximum absolute atomic E-state index is 17.2. The topological polar surface area (TPSA) is 115 Å². The summed E-state index contributed by atoms with van der Waals surface area (Å²) in [6.45, 7) is 10.1. The summed E-state index contributed by atoms with van der Waals surface area (Å²) >= 11 is 0. The zero-order chi connectivity index (χ0) is 31.6. The van der Waals surface area contributed by atoms with Crippen molar-refractivity contribution in [2.45, 2.75) is 32.7 Å². The van der Waals surface area contributed by atoms with Crippen molar-refractivity contribution in [2.24, 2.45) is 0 Å². The summed E-state index contributed by atoms with van der Waals surface area (Å²) in [5.74, 6) is -3.59. The molecule has 1 atom stereocenters. The number of aromatic hydroxyl groups is 2. The zero-order valence-electron chi connectivity index (χ0n) is 24.8. The summed E-state index contributed by atoms with van der Waals surface area (Å²) in [6, 6.07) is 5.07. The highest BCUT2D eigenvalue weighted by Crippen LogP contribution is 2.49. The number of likely N-dealkylation sites (N-methyl/N-ethyl adjacent to an activating group) is 1. The predicted molar refractivity (Wildman–Crippen MR) is 164 cm³/mol. The number of amides is 1. The lowest BCUT2D eigenvalue weighted by molar-refractivity contribution is -0.126. The number of anilines is 2. The molecule has 6 rings (SSSR count). The molecule has 2 aliphatic rings. The van der Waals surface area contributed by atoms with Crippen molar-refractivity contribution in [3.63, 3.8) is 0 Å². The molecule has 1 saturated heterocycles. The monoisotopic (exact) mass is 602 g/mol. The summed E-state index contributed by atoms with van der Waals surface area (Å²) in [7, 11) is 1.64. The highest BCUT2D eigenvalue weighted by atomic mass is 19.1. The molecule has 1 unspecified atom stereocenters. The molecule has 0 saturated carbocycles. The van der Waals surface area contributed by atoms with Crippen molar-refractivity contribution in [1.29, 1.82) is 0 Å². The van der Waals surface area contributed by atoms with E-state index >= 15 is 8.78 Å². The van der Waals surface area contributed by atoms with Gasteiger partial charge < -0.3 is 24.9 Å². The molecule has 0 bridgehead atoms. The van der Waals surface area contributed by atoms with E-state index in [0.717, 1.165) is 4.57 Å². The van der Waals surface area contributed by atoms with Crippen molar-refractivity contribution in [3.8, 4) is 28.3 Å². The van der Waals surface area contributed by atoms with Crippen LogP contribution >= 0.6 is 0 Å². The molecule has 44 heavy (non-hydrogen) atoms. The first-order valence-corrected chi connectivity index (χ1v) is 14.3. The SMILES string of the molecule is C=CC(=O)N1CCN2c3nc(=O)n(-c4c(C)ccnc4C(C)C)c4c(F)c(-c5c(O)cccc5O)c(F)c(c34)N(C)CC2C1. The van der Waals surface area contributed by atoms with Crippen LogP contribution in [0.15, 0.2) is 47.9 Å². The molecule has 1 amide bonds. The van der Waals surface area contributed by atoms with E-state index in [4.69, 9.17) is 0 Å². The van der Waals surface area contributed by atoms with Gasteiger partial charge in [-0.25, -0.2) is 13.6 Å². The van der Waals surface area contributed by atoms with Gasteiger partial charge in [-0.3, -0.25) is 14.3 Å². The van der Waals surface area contributed by atoms with Gasteiger partial charge in [0, 0.05) is 39.4 Å². The summed E-state index contributed by atoms with van der Waals surface area (Å²) in [6.07, 6.45) is 2.83. The Balaban J connectivity index is 1.79. The van der Waals surface area contributed by atoms with Crippen molar-refractivity contribution < 1.29 is 23.8 Å². The number of carbonyl (C=O) groups excluding carboxylic acids is 1. The molecule has 12 heteroatoms. The number of piperazine rings is 1. The van der Waals surface area contributed by atoms with E-state index in [1.807, 2.05) is 18.7 Å². The number of nitrogens with zero attached hydrogens (tertiary/aromatic N) is 6. The smallest absolute Gasteiger partial charge is 0.354 e. The maximum atomic E-state index is 17.2. The Morgan fingerprint density at radius 2 is 1.77 bits per heavy atom. The van der Waals surface area contributed by atoms with Crippen LogP contribution in [0.5, 0.6) is 11.5 Å². The second kappa shape index (κ2) is 10.6. The van der Waals surface area contributed by atoms with Crippen LogP contribution in [-0.2, 0) is 4.79 Å². The predicted octanol–water partition coefficient (Wildman–Crippen LogP) is 4.22. The Morgan fingerprint density at radius 3 is 2.43 bits per heavy atom. The Morgan fingerprint density at radius 1 is 1.07 bits per heavy atom. The van der Waals surface area contributed by atoms with Crippen LogP contribution < -0.4 is 15.5 Å². The highest BCUT2D eigenvalue weighted by Gasteiger charge is 2.40. The molecule has 2 aromatic carbocycles. The number of halogens is 2. The molecular weight excluding hydrogens is 570 g/mol. The minimum atomic E-state index is -1.15. The van der Waals surface area contributed by atoms with Crippen LogP contribution in [0.1, 0.15) is 31.0 Å². The van der Waals surface area contributed by atoms with Crippen LogP contribution in [0.25, 0.3) is 27.7 Å². The molecular formula is C32H32F2N6O4. The number of pyridine rings is 1. The average molecular weight is 603 g/mol. The van der Waals surface area contributed by atoms with E-state index in [1.54, 1.807) is 36.0 Å². The first-order chi connectivity index (χ1) is 21.0. The molecule has 0 aliphatic carbocycles. The van der Waals surface area contributed by atoms with Gasteiger partial charge in [0.2, 0.25) is 5.91 Å². The van der Waals surface area contributed by atoms with Crippen molar-refractivity contribution in [1.82, 2.24) is 19.4 Å². The van der Waals surface area contributed by atoms with E-state index in [9.17, 15) is 19.8 Å². The van der Waals surface area contributed by atoms with Gasteiger partial charge in [-0.15, -0.1) is 0 Å². The molecule has 2 aromatic heterocycles. The second-order valence-electron chi connectivity index (χ2n) is 11.5. The van der Waals surface area contributed by atoms with Crippen molar-refractivity contribution in [3.05, 3.63) is 76.5 Å². The third-order valence-corrected chi connectivity index (χ3v) is 8.47. The third kappa shape index (κ3) is 4.27. The van der Waals surface area contributed by atoms with Gasteiger partial charge in [-0.1, -0.05) is 26.5 Å². The standard InChI is InChI=1S/C32H32F2N6O4/c1-6-21(43)38-12-13-39-18(15-38)14-37(5)29-24-30(26(34)23(25(29)33)22-19(41)8-7-9-20(22)42)40(32(44)36-31(24)39)28-17(4)10-11-35-27(28)16(2)3/h6-11,16,18,41-42H,1,12-15H2,2-5H3. The van der Waals surface area contributed by atoms with E-state index in [2.05, 4.69) is 16.5 Å². The zero-order valence-corrected chi connectivity index (χ0v) is 24.8. The molecule has 1 fully saturated rings. The minimum Gasteiger partial charge on any atom is -0.507 e. The number of rotatable bonds is 4. The molecule has 0 spiro atoms.